The third kappa shape index (κ3) is 3.94. The van der Waals surface area contributed by atoms with Crippen molar-refractivity contribution in [2.45, 2.75) is 19.3 Å². The molecule has 1 aromatic carbocycles. The second kappa shape index (κ2) is 5.93. The Morgan fingerprint density at radius 2 is 2.24 bits per heavy atom. The molecular formula is C14H14ClFO. The van der Waals surface area contributed by atoms with E-state index in [1.807, 2.05) is 0 Å². The summed E-state index contributed by atoms with van der Waals surface area (Å²) in [5, 5.41) is 0. The fourth-order valence-electron chi connectivity index (χ4n) is 1.42. The number of hydrogen-bond acceptors (Lipinski definition) is 1. The van der Waals surface area contributed by atoms with Gasteiger partial charge >= 0.3 is 0 Å². The van der Waals surface area contributed by atoms with Gasteiger partial charge in [0.2, 0.25) is 0 Å². The van der Waals surface area contributed by atoms with Crippen LogP contribution in [-0.4, -0.2) is 12.5 Å². The van der Waals surface area contributed by atoms with Gasteiger partial charge in [0, 0.05) is 12.3 Å². The van der Waals surface area contributed by atoms with E-state index in [0.717, 1.165) is 0 Å². The number of halogens is 2. The van der Waals surface area contributed by atoms with E-state index < -0.39 is 0 Å². The summed E-state index contributed by atoms with van der Waals surface area (Å²) in [4.78, 5) is 0. The van der Waals surface area contributed by atoms with Crippen molar-refractivity contribution in [1.82, 2.24) is 0 Å². The molecule has 2 rings (SSSR count). The number of hydrogen-bond donors (Lipinski definition) is 0. The number of alkyl halides is 1. The first-order valence-corrected chi connectivity index (χ1v) is 6.30. The van der Waals surface area contributed by atoms with Gasteiger partial charge in [-0.15, -0.1) is 11.6 Å². The Morgan fingerprint density at radius 3 is 2.94 bits per heavy atom. The lowest BCUT2D eigenvalue weighted by Gasteiger charge is -2.07. The number of benzene rings is 1. The van der Waals surface area contributed by atoms with Crippen LogP contribution in [-0.2, 0) is 0 Å². The highest BCUT2D eigenvalue weighted by Gasteiger charge is 2.22. The van der Waals surface area contributed by atoms with Crippen molar-refractivity contribution in [3.63, 3.8) is 0 Å². The molecule has 1 aliphatic rings. The van der Waals surface area contributed by atoms with E-state index in [-0.39, 0.29) is 5.82 Å². The Labute approximate surface area is 106 Å². The maximum absolute atomic E-state index is 13.1. The number of rotatable bonds is 4. The zero-order chi connectivity index (χ0) is 12.1. The van der Waals surface area contributed by atoms with Crippen molar-refractivity contribution in [3.8, 4) is 17.6 Å². The molecule has 0 amide bonds. The molecule has 0 bridgehead atoms. The monoisotopic (exact) mass is 252 g/mol. The largest absolute Gasteiger partial charge is 0.492 e. The predicted molar refractivity (Wildman–Crippen MR) is 66.8 cm³/mol. The molecule has 1 nitrogen and oxygen atoms in total. The van der Waals surface area contributed by atoms with E-state index in [0.29, 0.717) is 36.1 Å². The molecule has 0 spiro atoms. The van der Waals surface area contributed by atoms with Gasteiger partial charge in [-0.2, -0.15) is 0 Å². The standard InChI is InChI=1S/C14H14ClFO/c15-8-2-1-3-12-9-13(16)6-7-14(12)17-10-11-4-5-11/h6-7,9,11H,2,4-5,8,10H2. The normalized spacial score (nSPS) is 14.0. The third-order valence-electron chi connectivity index (χ3n) is 2.56. The first-order chi connectivity index (χ1) is 8.29. The quantitative estimate of drug-likeness (QED) is 0.588. The van der Waals surface area contributed by atoms with E-state index >= 15 is 0 Å². The highest BCUT2D eigenvalue weighted by atomic mass is 35.5. The smallest absolute Gasteiger partial charge is 0.135 e. The lowest BCUT2D eigenvalue weighted by Crippen LogP contribution is -2.00. The molecular weight excluding hydrogens is 239 g/mol. The molecule has 0 unspecified atom stereocenters. The molecule has 0 saturated heterocycles. The Kier molecular flexibility index (Phi) is 4.28. The topological polar surface area (TPSA) is 9.23 Å². The fourth-order valence-corrected chi connectivity index (χ4v) is 1.52. The third-order valence-corrected chi connectivity index (χ3v) is 2.74. The summed E-state index contributed by atoms with van der Waals surface area (Å²) in [6.07, 6.45) is 3.06. The minimum atomic E-state index is -0.293. The van der Waals surface area contributed by atoms with Crippen LogP contribution in [0.15, 0.2) is 18.2 Å². The van der Waals surface area contributed by atoms with Crippen molar-refractivity contribution in [2.75, 3.05) is 12.5 Å². The van der Waals surface area contributed by atoms with Crippen LogP contribution in [0.2, 0.25) is 0 Å². The van der Waals surface area contributed by atoms with Crippen LogP contribution < -0.4 is 4.74 Å². The number of ether oxygens (including phenoxy) is 1. The van der Waals surface area contributed by atoms with Crippen LogP contribution in [0.1, 0.15) is 24.8 Å². The van der Waals surface area contributed by atoms with Crippen molar-refractivity contribution < 1.29 is 9.13 Å². The first kappa shape index (κ1) is 12.3. The van der Waals surface area contributed by atoms with Crippen LogP contribution in [0.5, 0.6) is 5.75 Å². The van der Waals surface area contributed by atoms with Crippen LogP contribution in [0, 0.1) is 23.6 Å². The molecule has 1 fully saturated rings. The molecule has 0 aliphatic heterocycles. The first-order valence-electron chi connectivity index (χ1n) is 5.77. The van der Waals surface area contributed by atoms with E-state index in [1.54, 1.807) is 6.07 Å². The maximum atomic E-state index is 13.1. The highest BCUT2D eigenvalue weighted by Crippen LogP contribution is 2.30. The Hall–Kier alpha value is -1.20. The molecule has 1 aliphatic carbocycles. The molecule has 17 heavy (non-hydrogen) atoms. The second-order valence-electron chi connectivity index (χ2n) is 4.14. The van der Waals surface area contributed by atoms with Crippen LogP contribution in [0.4, 0.5) is 4.39 Å². The lowest BCUT2D eigenvalue weighted by atomic mass is 10.2. The van der Waals surface area contributed by atoms with Crippen molar-refractivity contribution in [1.29, 1.82) is 0 Å². The SMILES string of the molecule is Fc1ccc(OCC2CC2)c(C#CCCCl)c1. The minimum absolute atomic E-state index is 0.293. The molecule has 1 aromatic rings. The average Bonchev–Trinajstić information content (AvgIpc) is 3.12. The molecule has 0 radical (unpaired) electrons. The van der Waals surface area contributed by atoms with Gasteiger partial charge in [0.1, 0.15) is 11.6 Å². The van der Waals surface area contributed by atoms with E-state index in [9.17, 15) is 4.39 Å². The van der Waals surface area contributed by atoms with Gasteiger partial charge < -0.3 is 4.74 Å². The summed E-state index contributed by atoms with van der Waals surface area (Å²) in [7, 11) is 0. The molecule has 90 valence electrons. The Morgan fingerprint density at radius 1 is 1.41 bits per heavy atom. The predicted octanol–water partition coefficient (Wildman–Crippen LogP) is 3.59. The summed E-state index contributed by atoms with van der Waals surface area (Å²) >= 11 is 5.54. The molecule has 1 saturated carbocycles. The van der Waals surface area contributed by atoms with Crippen molar-refractivity contribution in [2.24, 2.45) is 5.92 Å². The van der Waals surface area contributed by atoms with Gasteiger partial charge in [-0.1, -0.05) is 11.8 Å². The fraction of sp³-hybridized carbons (Fsp3) is 0.429. The zero-order valence-corrected chi connectivity index (χ0v) is 10.3. The highest BCUT2D eigenvalue weighted by molar-refractivity contribution is 6.18. The maximum Gasteiger partial charge on any atom is 0.135 e. The average molecular weight is 253 g/mol. The second-order valence-corrected chi connectivity index (χ2v) is 4.51. The summed E-state index contributed by atoms with van der Waals surface area (Å²) in [6.45, 7) is 0.704. The van der Waals surface area contributed by atoms with E-state index in [2.05, 4.69) is 11.8 Å². The van der Waals surface area contributed by atoms with Gasteiger partial charge in [-0.05, 0) is 37.0 Å². The minimum Gasteiger partial charge on any atom is -0.492 e. The van der Waals surface area contributed by atoms with Gasteiger partial charge in [0.25, 0.3) is 0 Å². The van der Waals surface area contributed by atoms with E-state index in [4.69, 9.17) is 16.3 Å². The van der Waals surface area contributed by atoms with Gasteiger partial charge in [0.05, 0.1) is 12.2 Å². The molecule has 0 atom stereocenters. The lowest BCUT2D eigenvalue weighted by molar-refractivity contribution is 0.298. The molecule has 3 heteroatoms. The van der Waals surface area contributed by atoms with Gasteiger partial charge in [-0.25, -0.2) is 4.39 Å². The molecule has 0 heterocycles. The van der Waals surface area contributed by atoms with Gasteiger partial charge in [0.15, 0.2) is 0 Å². The summed E-state index contributed by atoms with van der Waals surface area (Å²) in [5.74, 6) is 7.32. The summed E-state index contributed by atoms with van der Waals surface area (Å²) in [6, 6.07) is 4.45. The van der Waals surface area contributed by atoms with Crippen LogP contribution >= 0.6 is 11.6 Å². The van der Waals surface area contributed by atoms with Crippen molar-refractivity contribution >= 4 is 11.6 Å². The van der Waals surface area contributed by atoms with Gasteiger partial charge in [-0.3, -0.25) is 0 Å². The Bertz CT molecular complexity index is 443. The Balaban J connectivity index is 2.09. The van der Waals surface area contributed by atoms with Crippen molar-refractivity contribution in [3.05, 3.63) is 29.6 Å². The summed E-state index contributed by atoms with van der Waals surface area (Å²) in [5.41, 5.74) is 0.607. The van der Waals surface area contributed by atoms with Crippen LogP contribution in [0.3, 0.4) is 0 Å². The van der Waals surface area contributed by atoms with E-state index in [1.165, 1.54) is 25.0 Å². The van der Waals surface area contributed by atoms with Crippen LogP contribution in [0.25, 0.3) is 0 Å². The molecule has 0 N–H and O–H groups in total. The summed E-state index contributed by atoms with van der Waals surface area (Å²) < 4.78 is 18.8. The zero-order valence-electron chi connectivity index (χ0n) is 9.51. The molecule has 0 aromatic heterocycles.